The molecular formula is C32H49IN6O3. The van der Waals surface area contributed by atoms with Gasteiger partial charge in [-0.3, -0.25) is 10.2 Å². The second-order valence-corrected chi connectivity index (χ2v) is 13.9. The number of nitrogens with one attached hydrogen (secondary N) is 4. The summed E-state index contributed by atoms with van der Waals surface area (Å²) in [7, 11) is 1.77. The zero-order valence-electron chi connectivity index (χ0n) is 25.8. The van der Waals surface area contributed by atoms with Gasteiger partial charge >= 0.3 is 0 Å². The summed E-state index contributed by atoms with van der Waals surface area (Å²) in [5.74, 6) is 2.44. The summed E-state index contributed by atoms with van der Waals surface area (Å²) in [6.07, 6.45) is 20.3. The van der Waals surface area contributed by atoms with E-state index in [0.29, 0.717) is 24.3 Å². The molecule has 2 aliphatic heterocycles. The van der Waals surface area contributed by atoms with Crippen LogP contribution in [0.3, 0.4) is 0 Å². The number of guanidine groups is 1. The Hall–Kier alpha value is -2.31. The van der Waals surface area contributed by atoms with Crippen LogP contribution in [0.5, 0.6) is 0 Å². The van der Waals surface area contributed by atoms with Gasteiger partial charge < -0.3 is 20.1 Å². The zero-order valence-corrected chi connectivity index (χ0v) is 27.9. The summed E-state index contributed by atoms with van der Waals surface area (Å²) >= 11 is -0.367. The summed E-state index contributed by atoms with van der Waals surface area (Å²) < 4.78 is 18.9. The molecule has 10 heteroatoms. The topological polar surface area (TPSA) is 108 Å². The predicted molar refractivity (Wildman–Crippen MR) is 181 cm³/mol. The molecule has 0 saturated carbocycles. The van der Waals surface area contributed by atoms with E-state index in [-0.39, 0.29) is 50.5 Å². The Morgan fingerprint density at radius 1 is 1.29 bits per heavy atom. The monoisotopic (exact) mass is 692 g/mol. The van der Waals surface area contributed by atoms with E-state index in [2.05, 4.69) is 80.8 Å². The number of ether oxygens (including phenoxy) is 2. The van der Waals surface area contributed by atoms with Crippen LogP contribution in [0, 0.1) is 17.8 Å². The molecule has 4 N–H and O–H groups in total. The summed E-state index contributed by atoms with van der Waals surface area (Å²) in [4.78, 5) is 16.8. The highest BCUT2D eigenvalue weighted by atomic mass is 127. The van der Waals surface area contributed by atoms with Crippen molar-refractivity contribution in [2.75, 3.05) is 20.3 Å². The van der Waals surface area contributed by atoms with Crippen LogP contribution in [0.1, 0.15) is 72.6 Å². The largest absolute Gasteiger partial charge is 0.501 e. The molecule has 9 nitrogen and oxygen atoms in total. The lowest BCUT2D eigenvalue weighted by Crippen LogP contribution is -2.58. The van der Waals surface area contributed by atoms with E-state index in [1.807, 2.05) is 4.01 Å². The van der Waals surface area contributed by atoms with Gasteiger partial charge in [0.1, 0.15) is 0 Å². The number of halogens is 1. The Morgan fingerprint density at radius 2 is 2.14 bits per heavy atom. The van der Waals surface area contributed by atoms with Gasteiger partial charge in [-0.1, -0.05) is 23.8 Å². The van der Waals surface area contributed by atoms with Crippen molar-refractivity contribution < 1.29 is 14.3 Å². The first kappa shape index (κ1) is 32.6. The Balaban J connectivity index is 1.57. The summed E-state index contributed by atoms with van der Waals surface area (Å²) in [5.41, 5.74) is 8.70. The first-order valence-corrected chi connectivity index (χ1v) is 17.5. The van der Waals surface area contributed by atoms with Gasteiger partial charge in [0, 0.05) is 69.3 Å². The zero-order chi connectivity index (χ0) is 30.0. The van der Waals surface area contributed by atoms with Crippen molar-refractivity contribution in [1.29, 1.82) is 0 Å². The van der Waals surface area contributed by atoms with Crippen molar-refractivity contribution in [2.45, 2.75) is 90.3 Å². The minimum atomic E-state index is -0.367. The van der Waals surface area contributed by atoms with E-state index in [0.717, 1.165) is 56.6 Å². The number of methoxy groups -OCH3 is 1. The maximum atomic E-state index is 12.5. The number of hydrazine groups is 1. The molecule has 4 aliphatic rings. The molecule has 2 heterocycles. The minimum absolute atomic E-state index is 0.0653. The number of hydrogen-bond donors (Lipinski definition) is 4. The van der Waals surface area contributed by atoms with Crippen molar-refractivity contribution in [3.8, 4) is 0 Å². The van der Waals surface area contributed by atoms with Gasteiger partial charge in [-0.25, -0.2) is 10.4 Å². The van der Waals surface area contributed by atoms with Gasteiger partial charge in [0.05, 0.1) is 30.6 Å². The van der Waals surface area contributed by atoms with Crippen molar-refractivity contribution in [3.63, 3.8) is 0 Å². The van der Waals surface area contributed by atoms with E-state index in [1.54, 1.807) is 20.2 Å². The van der Waals surface area contributed by atoms with Crippen LogP contribution >= 0.6 is 21.0 Å². The van der Waals surface area contributed by atoms with E-state index >= 15 is 0 Å². The molecule has 4 rings (SSSR count). The molecule has 0 spiro atoms. The third-order valence-corrected chi connectivity index (χ3v) is 9.96. The second kappa shape index (κ2) is 16.0. The highest BCUT2D eigenvalue weighted by molar-refractivity contribution is 14.2. The molecular weight excluding hydrogens is 643 g/mol. The van der Waals surface area contributed by atoms with Gasteiger partial charge in [0.15, 0.2) is 0 Å². The Kier molecular flexibility index (Phi) is 12.4. The molecule has 0 bridgehead atoms. The van der Waals surface area contributed by atoms with Gasteiger partial charge in [-0.2, -0.15) is 3.21 Å². The highest BCUT2D eigenvalue weighted by Gasteiger charge is 2.40. The molecule has 0 radical (unpaired) electrons. The maximum Gasteiger partial charge on any atom is 0.242 e. The lowest BCUT2D eigenvalue weighted by atomic mass is 9.77. The number of rotatable bonds is 11. The molecule has 1 amide bonds. The quantitative estimate of drug-likeness (QED) is 0.138. The molecule has 0 aromatic rings. The third kappa shape index (κ3) is 9.60. The Morgan fingerprint density at radius 3 is 2.79 bits per heavy atom. The van der Waals surface area contributed by atoms with Crippen LogP contribution in [-0.2, 0) is 14.3 Å². The fourth-order valence-electron chi connectivity index (χ4n) is 6.40. The fraction of sp³-hybridized carbons (Fsp3) is 0.625. The molecule has 42 heavy (non-hydrogen) atoms. The Labute approximate surface area is 261 Å². The molecule has 0 aromatic heterocycles. The van der Waals surface area contributed by atoms with Crippen LogP contribution in [0.2, 0.25) is 0 Å². The predicted octanol–water partition coefficient (Wildman–Crippen LogP) is 5.00. The summed E-state index contributed by atoms with van der Waals surface area (Å²) in [6, 6.07) is -0.299. The Bertz CT molecular complexity index is 1150. The molecule has 2 unspecified atom stereocenters. The number of hydrogen-bond acceptors (Lipinski definition) is 8. The number of carbonyl (C=O) groups is 1. The molecule has 1 fully saturated rings. The smallest absolute Gasteiger partial charge is 0.242 e. The number of aliphatic imine (C=N–C) groups is 1. The van der Waals surface area contributed by atoms with Crippen molar-refractivity contribution in [2.24, 2.45) is 26.0 Å². The maximum absolute atomic E-state index is 12.5. The standard InChI is InChI=1S/C32H49IN6O3/c1-22(2)18-24-8-12-27(13-9-24)37-30(29(36-23(3)40)21-35-39-31-34-16-15-33-38-31)25-10-11-26(20-28(19-25)41-5)32(4)14-6-7-17-42-32/h8,12-13,15-16,18-19,24-26,29-30,35,37H,6-7,9-11,14,17,20-21H2,1-5H3,(H,36,40)(H,34,38,39)/t24-,25?,26?,29-,30-,32-/m0/s1. The number of amides is 1. The second-order valence-electron chi connectivity index (χ2n) is 12.2. The first-order valence-electron chi connectivity index (χ1n) is 15.3. The van der Waals surface area contributed by atoms with E-state index in [1.165, 1.54) is 12.0 Å². The average molecular weight is 693 g/mol. The number of allylic oxidation sites excluding steroid dienone is 6. The van der Waals surface area contributed by atoms with Crippen LogP contribution in [0.15, 0.2) is 55.6 Å². The van der Waals surface area contributed by atoms with Gasteiger partial charge in [0.2, 0.25) is 11.9 Å². The highest BCUT2D eigenvalue weighted by Crippen LogP contribution is 2.41. The molecule has 1 saturated heterocycles. The first-order chi connectivity index (χ1) is 20.3. The van der Waals surface area contributed by atoms with Crippen molar-refractivity contribution >= 4 is 43.1 Å². The van der Waals surface area contributed by atoms with Crippen LogP contribution in [0.4, 0.5) is 0 Å². The van der Waals surface area contributed by atoms with E-state index < -0.39 is 0 Å². The lowest BCUT2D eigenvalue weighted by molar-refractivity contribution is -0.119. The minimum Gasteiger partial charge on any atom is -0.501 e. The third-order valence-electron chi connectivity index (χ3n) is 8.58. The molecule has 2 aliphatic carbocycles. The van der Waals surface area contributed by atoms with Crippen LogP contribution in [-0.4, -0.2) is 60.0 Å². The fourth-order valence-corrected chi connectivity index (χ4v) is 7.37. The lowest BCUT2D eigenvalue weighted by Gasteiger charge is -2.41. The van der Waals surface area contributed by atoms with E-state index in [9.17, 15) is 4.79 Å². The number of nitrogens with zero attached hydrogens (tertiary/aromatic N) is 2. The SMILES string of the molecule is COC1=CC([C@H](NC2=CC[C@@H](C=C(C)C)C=C2)[C@H](CNNC2=NI=CC=N2)NC(C)=O)CCC([C@]2(C)CCCCO2)C1. The molecule has 232 valence electrons. The van der Waals surface area contributed by atoms with Gasteiger partial charge in [-0.15, -0.1) is 0 Å². The van der Waals surface area contributed by atoms with Crippen molar-refractivity contribution in [1.82, 2.24) is 21.5 Å². The van der Waals surface area contributed by atoms with E-state index in [4.69, 9.17) is 9.47 Å². The van der Waals surface area contributed by atoms with Crippen LogP contribution in [0.25, 0.3) is 0 Å². The molecule has 0 aromatic carbocycles. The summed E-state index contributed by atoms with van der Waals surface area (Å²) in [6.45, 7) is 9.47. The summed E-state index contributed by atoms with van der Waals surface area (Å²) in [5, 5.41) is 7.09. The average Bonchev–Trinajstić information content (AvgIpc) is 3.20. The molecule has 6 atom stereocenters. The van der Waals surface area contributed by atoms with Gasteiger partial charge in [0.25, 0.3) is 0 Å². The normalized spacial score (nSPS) is 29.0. The van der Waals surface area contributed by atoms with Crippen LogP contribution < -0.4 is 21.5 Å². The van der Waals surface area contributed by atoms with Gasteiger partial charge in [-0.05, 0) is 83.3 Å². The van der Waals surface area contributed by atoms with Crippen molar-refractivity contribution in [3.05, 3.63) is 47.4 Å². The number of carbonyl (C=O) groups excluding carboxylic acids is 1.